The Balaban J connectivity index is 1.09. The van der Waals surface area contributed by atoms with Crippen LogP contribution in [-0.4, -0.2) is 9.13 Å². The normalized spacial score (nSPS) is 13.1. The molecule has 0 saturated heterocycles. The van der Waals surface area contributed by atoms with E-state index in [1.54, 1.807) is 0 Å². The molecule has 9 aromatic carbocycles. The van der Waals surface area contributed by atoms with Crippen LogP contribution in [0.3, 0.4) is 0 Å². The Morgan fingerprint density at radius 1 is 0.350 bits per heavy atom. The number of rotatable bonds is 5. The van der Waals surface area contributed by atoms with Crippen LogP contribution in [0.2, 0.25) is 0 Å². The minimum Gasteiger partial charge on any atom is -0.456 e. The van der Waals surface area contributed by atoms with Crippen molar-refractivity contribution in [3.05, 3.63) is 217 Å². The van der Waals surface area contributed by atoms with E-state index in [9.17, 15) is 0 Å². The van der Waals surface area contributed by atoms with E-state index in [-0.39, 0.29) is 5.41 Å². The highest BCUT2D eigenvalue weighted by atomic mass is 16.5. The first-order chi connectivity index (χ1) is 29.5. The molecule has 1 aliphatic rings. The second-order valence-corrected chi connectivity index (χ2v) is 16.5. The number of para-hydroxylation sites is 6. The lowest BCUT2D eigenvalue weighted by Crippen LogP contribution is -2.24. The predicted octanol–water partition coefficient (Wildman–Crippen LogP) is 15.3. The van der Waals surface area contributed by atoms with Crippen molar-refractivity contribution in [3.63, 3.8) is 0 Å². The fraction of sp³-hybridized carbons (Fsp3) is 0.0526. The van der Waals surface area contributed by atoms with Crippen LogP contribution >= 0.6 is 0 Å². The van der Waals surface area contributed by atoms with Crippen LogP contribution in [0.5, 0.6) is 11.5 Å². The lowest BCUT2D eigenvalue weighted by molar-refractivity contribution is 0.419. The molecule has 0 aliphatic carbocycles. The molecule has 11 aromatic rings. The standard InChI is InChI=1S/C57H40N2O/c1-57(2)49-23-11-14-27-55(49)60-56-44(22-15-24-50(56)57)41-33-39(37-28-30-53-47(35-37)45-20-9-12-25-51(45)58(53)42-16-5-3-6-17-42)32-40(34-41)38-29-31-54-48(36-38)46-21-10-13-26-52(46)59(54)43-18-7-4-8-19-43/h3-36H,1-2H3. The molecule has 1 aliphatic heterocycles. The monoisotopic (exact) mass is 768 g/mol. The SMILES string of the molecule is CC1(C)c2ccccc2Oc2c(-c3cc(-c4ccc5c(c4)c4ccccc4n5-c4ccccc4)cc(-c4ccc5c(c4)c4ccccc4n5-c4ccccc4)c3)cccc21. The van der Waals surface area contributed by atoms with Gasteiger partial charge in [0.1, 0.15) is 11.5 Å². The first-order valence-corrected chi connectivity index (χ1v) is 20.8. The summed E-state index contributed by atoms with van der Waals surface area (Å²) in [5.74, 6) is 1.84. The molecule has 0 fully saturated rings. The van der Waals surface area contributed by atoms with Gasteiger partial charge in [0.25, 0.3) is 0 Å². The summed E-state index contributed by atoms with van der Waals surface area (Å²) in [6, 6.07) is 75.0. The molecule has 3 heterocycles. The zero-order chi connectivity index (χ0) is 40.0. The van der Waals surface area contributed by atoms with Crippen molar-refractivity contribution in [1.82, 2.24) is 9.13 Å². The van der Waals surface area contributed by atoms with E-state index in [0.717, 1.165) is 45.1 Å². The van der Waals surface area contributed by atoms with E-state index >= 15 is 0 Å². The molecular formula is C57H40N2O. The Labute approximate surface area is 349 Å². The third-order valence-electron chi connectivity index (χ3n) is 12.7. The highest BCUT2D eigenvalue weighted by Crippen LogP contribution is 2.52. The van der Waals surface area contributed by atoms with Gasteiger partial charge in [-0.1, -0.05) is 135 Å². The molecule has 0 saturated carbocycles. The van der Waals surface area contributed by atoms with Crippen molar-refractivity contribution in [1.29, 1.82) is 0 Å². The quantitative estimate of drug-likeness (QED) is 0.171. The van der Waals surface area contributed by atoms with Gasteiger partial charge in [0.15, 0.2) is 0 Å². The summed E-state index contributed by atoms with van der Waals surface area (Å²) in [5, 5.41) is 4.93. The molecule has 0 amide bonds. The van der Waals surface area contributed by atoms with Crippen LogP contribution in [0.4, 0.5) is 0 Å². The van der Waals surface area contributed by atoms with Crippen molar-refractivity contribution in [2.75, 3.05) is 0 Å². The summed E-state index contributed by atoms with van der Waals surface area (Å²) in [4.78, 5) is 0. The molecule has 3 nitrogen and oxygen atoms in total. The van der Waals surface area contributed by atoms with Gasteiger partial charge < -0.3 is 13.9 Å². The summed E-state index contributed by atoms with van der Waals surface area (Å²) < 4.78 is 11.6. The van der Waals surface area contributed by atoms with E-state index in [1.165, 1.54) is 65.9 Å². The highest BCUT2D eigenvalue weighted by molar-refractivity contribution is 6.12. The van der Waals surface area contributed by atoms with Crippen LogP contribution in [0.15, 0.2) is 206 Å². The molecular weight excluding hydrogens is 729 g/mol. The number of hydrogen-bond acceptors (Lipinski definition) is 1. The molecule has 0 radical (unpaired) electrons. The van der Waals surface area contributed by atoms with E-state index in [0.29, 0.717) is 0 Å². The van der Waals surface area contributed by atoms with Crippen molar-refractivity contribution in [3.8, 4) is 56.3 Å². The topological polar surface area (TPSA) is 19.1 Å². The summed E-state index contributed by atoms with van der Waals surface area (Å²) in [6.07, 6.45) is 0. The van der Waals surface area contributed by atoms with Gasteiger partial charge in [-0.15, -0.1) is 0 Å². The maximum Gasteiger partial charge on any atom is 0.139 e. The molecule has 284 valence electrons. The summed E-state index contributed by atoms with van der Waals surface area (Å²) in [6.45, 7) is 4.61. The molecule has 12 rings (SSSR count). The second-order valence-electron chi connectivity index (χ2n) is 16.5. The Kier molecular flexibility index (Phi) is 7.58. The Bertz CT molecular complexity index is 3300. The summed E-state index contributed by atoms with van der Waals surface area (Å²) in [7, 11) is 0. The van der Waals surface area contributed by atoms with Crippen LogP contribution in [0.1, 0.15) is 25.0 Å². The van der Waals surface area contributed by atoms with Crippen molar-refractivity contribution in [2.45, 2.75) is 19.3 Å². The maximum absolute atomic E-state index is 6.89. The number of ether oxygens (including phenoxy) is 1. The van der Waals surface area contributed by atoms with Crippen molar-refractivity contribution < 1.29 is 4.74 Å². The lowest BCUT2D eigenvalue weighted by Gasteiger charge is -2.35. The Morgan fingerprint density at radius 3 is 1.40 bits per heavy atom. The number of hydrogen-bond donors (Lipinski definition) is 0. The average Bonchev–Trinajstić information content (AvgIpc) is 3.81. The minimum absolute atomic E-state index is 0.226. The van der Waals surface area contributed by atoms with E-state index in [2.05, 4.69) is 229 Å². The average molecular weight is 769 g/mol. The number of nitrogens with zero attached hydrogens (tertiary/aromatic N) is 2. The molecule has 2 aromatic heterocycles. The van der Waals surface area contributed by atoms with Crippen LogP contribution < -0.4 is 4.74 Å². The lowest BCUT2D eigenvalue weighted by atomic mass is 9.74. The zero-order valence-corrected chi connectivity index (χ0v) is 33.4. The van der Waals surface area contributed by atoms with E-state index in [4.69, 9.17) is 4.74 Å². The van der Waals surface area contributed by atoms with Gasteiger partial charge in [-0.05, 0) is 113 Å². The fourth-order valence-electron chi connectivity index (χ4n) is 9.83. The maximum atomic E-state index is 6.89. The zero-order valence-electron chi connectivity index (χ0n) is 33.4. The number of benzene rings is 9. The van der Waals surface area contributed by atoms with E-state index in [1.807, 2.05) is 0 Å². The van der Waals surface area contributed by atoms with Crippen molar-refractivity contribution in [2.24, 2.45) is 0 Å². The molecule has 0 unspecified atom stereocenters. The van der Waals surface area contributed by atoms with Gasteiger partial charge >= 0.3 is 0 Å². The molecule has 0 N–H and O–H groups in total. The largest absolute Gasteiger partial charge is 0.456 e. The van der Waals surface area contributed by atoms with Gasteiger partial charge in [0, 0.05) is 55.0 Å². The van der Waals surface area contributed by atoms with Gasteiger partial charge in [-0.25, -0.2) is 0 Å². The predicted molar refractivity (Wildman–Crippen MR) is 250 cm³/mol. The smallest absolute Gasteiger partial charge is 0.139 e. The van der Waals surface area contributed by atoms with Gasteiger partial charge in [0.2, 0.25) is 0 Å². The van der Waals surface area contributed by atoms with E-state index < -0.39 is 0 Å². The van der Waals surface area contributed by atoms with Gasteiger partial charge in [-0.2, -0.15) is 0 Å². The first-order valence-electron chi connectivity index (χ1n) is 20.8. The fourth-order valence-corrected chi connectivity index (χ4v) is 9.83. The molecule has 0 spiro atoms. The second kappa shape index (κ2) is 13.2. The third-order valence-corrected chi connectivity index (χ3v) is 12.7. The minimum atomic E-state index is -0.226. The first kappa shape index (κ1) is 34.4. The van der Waals surface area contributed by atoms with Crippen LogP contribution in [-0.2, 0) is 5.41 Å². The summed E-state index contributed by atoms with van der Waals surface area (Å²) >= 11 is 0. The molecule has 3 heteroatoms. The van der Waals surface area contributed by atoms with Crippen LogP contribution in [0.25, 0.3) is 88.4 Å². The van der Waals surface area contributed by atoms with Gasteiger partial charge in [-0.3, -0.25) is 0 Å². The van der Waals surface area contributed by atoms with Crippen molar-refractivity contribution >= 4 is 43.6 Å². The molecule has 0 atom stereocenters. The third kappa shape index (κ3) is 5.22. The number of fused-ring (bicyclic) bond motifs is 8. The summed E-state index contributed by atoms with van der Waals surface area (Å²) in [5.41, 5.74) is 16.1. The Morgan fingerprint density at radius 2 is 0.817 bits per heavy atom. The Hall–Kier alpha value is -7.62. The molecule has 0 bridgehead atoms. The number of aromatic nitrogens is 2. The molecule has 60 heavy (non-hydrogen) atoms. The highest BCUT2D eigenvalue weighted by Gasteiger charge is 2.35. The van der Waals surface area contributed by atoms with Gasteiger partial charge in [0.05, 0.1) is 22.1 Å². The van der Waals surface area contributed by atoms with Crippen LogP contribution in [0, 0.1) is 0 Å².